The summed E-state index contributed by atoms with van der Waals surface area (Å²) in [6.45, 7) is 7.71. The molecule has 0 aromatic heterocycles. The highest BCUT2D eigenvalue weighted by Crippen LogP contribution is 2.25. The van der Waals surface area contributed by atoms with E-state index in [0.29, 0.717) is 18.3 Å². The van der Waals surface area contributed by atoms with Crippen molar-refractivity contribution in [3.63, 3.8) is 0 Å². The third kappa shape index (κ3) is 5.04. The number of hydrogen-bond acceptors (Lipinski definition) is 2. The van der Waals surface area contributed by atoms with Crippen LogP contribution in [0.3, 0.4) is 0 Å². The lowest BCUT2D eigenvalue weighted by molar-refractivity contribution is 0.321. The number of hydrogen-bond donors (Lipinski definition) is 2. The second-order valence-corrected chi connectivity index (χ2v) is 5.36. The first kappa shape index (κ1) is 13.8. The van der Waals surface area contributed by atoms with Crippen molar-refractivity contribution in [1.82, 2.24) is 5.32 Å². The minimum absolute atomic E-state index is 0.135. The molecule has 0 atom stereocenters. The van der Waals surface area contributed by atoms with Gasteiger partial charge in [0.1, 0.15) is 12.4 Å². The van der Waals surface area contributed by atoms with E-state index < -0.39 is 0 Å². The highest BCUT2D eigenvalue weighted by atomic mass is 32.1. The molecule has 3 N–H and O–H groups in total. The van der Waals surface area contributed by atoms with E-state index in [1.807, 2.05) is 12.1 Å². The zero-order chi connectivity index (χ0) is 12.9. The van der Waals surface area contributed by atoms with E-state index in [4.69, 9.17) is 22.7 Å². The molecule has 1 aromatic carbocycles. The van der Waals surface area contributed by atoms with Crippen molar-refractivity contribution in [3.8, 4) is 5.75 Å². The summed E-state index contributed by atoms with van der Waals surface area (Å²) in [5, 5.41) is 3.15. The average Bonchev–Trinajstić information content (AvgIpc) is 2.23. The molecule has 0 aliphatic rings. The van der Waals surface area contributed by atoms with Crippen LogP contribution >= 0.6 is 12.2 Å². The van der Waals surface area contributed by atoms with Gasteiger partial charge in [0.2, 0.25) is 0 Å². The molecule has 94 valence electrons. The van der Waals surface area contributed by atoms with Crippen molar-refractivity contribution in [1.29, 1.82) is 0 Å². The molecule has 0 saturated carbocycles. The standard InChI is InChI=1S/C13H20N2OS/c1-13(2,3)10-5-4-6-11(9-10)16-8-7-15-12(14)17/h4-6,9H,7-8H2,1-3H3,(H3,14,15,17). The van der Waals surface area contributed by atoms with Crippen LogP contribution < -0.4 is 15.8 Å². The Kier molecular flexibility index (Phi) is 4.75. The van der Waals surface area contributed by atoms with Gasteiger partial charge in [0.25, 0.3) is 0 Å². The molecule has 0 amide bonds. The molecule has 0 bridgehead atoms. The van der Waals surface area contributed by atoms with Crippen LogP contribution in [0, 0.1) is 0 Å². The quantitative estimate of drug-likeness (QED) is 0.637. The molecule has 0 aliphatic heterocycles. The molecule has 3 nitrogen and oxygen atoms in total. The van der Waals surface area contributed by atoms with E-state index in [2.05, 4.69) is 38.2 Å². The van der Waals surface area contributed by atoms with E-state index >= 15 is 0 Å². The number of nitrogens with two attached hydrogens (primary N) is 1. The molecule has 0 aliphatic carbocycles. The highest BCUT2D eigenvalue weighted by molar-refractivity contribution is 7.80. The summed E-state index contributed by atoms with van der Waals surface area (Å²) in [7, 11) is 0. The van der Waals surface area contributed by atoms with Gasteiger partial charge in [0.05, 0.1) is 6.54 Å². The summed E-state index contributed by atoms with van der Waals surface area (Å²) < 4.78 is 5.61. The van der Waals surface area contributed by atoms with Gasteiger partial charge >= 0.3 is 0 Å². The van der Waals surface area contributed by atoms with E-state index in [0.717, 1.165) is 5.75 Å². The van der Waals surface area contributed by atoms with Crippen LogP contribution in [0.25, 0.3) is 0 Å². The van der Waals surface area contributed by atoms with Gasteiger partial charge in [-0.3, -0.25) is 0 Å². The fourth-order valence-corrected chi connectivity index (χ4v) is 1.50. The normalized spacial score (nSPS) is 11.0. The first-order chi connectivity index (χ1) is 7.89. The van der Waals surface area contributed by atoms with E-state index in [-0.39, 0.29) is 5.41 Å². The predicted octanol–water partition coefficient (Wildman–Crippen LogP) is 2.20. The van der Waals surface area contributed by atoms with Gasteiger partial charge in [0.15, 0.2) is 5.11 Å². The third-order valence-corrected chi connectivity index (χ3v) is 2.51. The van der Waals surface area contributed by atoms with Crippen LogP contribution in [0.15, 0.2) is 24.3 Å². The van der Waals surface area contributed by atoms with Crippen molar-refractivity contribution in [3.05, 3.63) is 29.8 Å². The highest BCUT2D eigenvalue weighted by Gasteiger charge is 2.13. The second-order valence-electron chi connectivity index (χ2n) is 4.92. The summed E-state index contributed by atoms with van der Waals surface area (Å²) >= 11 is 4.71. The van der Waals surface area contributed by atoms with Gasteiger partial charge in [-0.05, 0) is 35.3 Å². The second kappa shape index (κ2) is 5.87. The molecule has 0 fully saturated rings. The van der Waals surface area contributed by atoms with Crippen molar-refractivity contribution in [2.45, 2.75) is 26.2 Å². The third-order valence-electron chi connectivity index (χ3n) is 2.37. The Bertz CT molecular complexity index is 385. The van der Waals surface area contributed by atoms with Gasteiger partial charge in [-0.1, -0.05) is 32.9 Å². The van der Waals surface area contributed by atoms with Gasteiger partial charge in [-0.15, -0.1) is 0 Å². The minimum Gasteiger partial charge on any atom is -0.492 e. The van der Waals surface area contributed by atoms with E-state index in [1.54, 1.807) is 0 Å². The fourth-order valence-electron chi connectivity index (χ4n) is 1.40. The van der Waals surface area contributed by atoms with Crippen LogP contribution in [0.2, 0.25) is 0 Å². The summed E-state index contributed by atoms with van der Waals surface area (Å²) in [5.41, 5.74) is 6.71. The predicted molar refractivity (Wildman–Crippen MR) is 75.4 cm³/mol. The lowest BCUT2D eigenvalue weighted by Gasteiger charge is -2.19. The molecule has 0 spiro atoms. The van der Waals surface area contributed by atoms with Crippen LogP contribution in [0.5, 0.6) is 5.75 Å². The Labute approximate surface area is 108 Å². The van der Waals surface area contributed by atoms with Gasteiger partial charge in [0, 0.05) is 0 Å². The van der Waals surface area contributed by atoms with Crippen LogP contribution in [-0.4, -0.2) is 18.3 Å². The number of thiocarbonyl (C=S) groups is 1. The van der Waals surface area contributed by atoms with Crippen molar-refractivity contribution in [2.24, 2.45) is 5.73 Å². The molecular formula is C13H20N2OS. The first-order valence-corrected chi connectivity index (χ1v) is 6.07. The molecular weight excluding hydrogens is 232 g/mol. The Morgan fingerprint density at radius 2 is 2.12 bits per heavy atom. The maximum atomic E-state index is 5.61. The molecule has 1 rings (SSSR count). The summed E-state index contributed by atoms with van der Waals surface area (Å²) in [4.78, 5) is 0. The summed E-state index contributed by atoms with van der Waals surface area (Å²) in [6.07, 6.45) is 0. The van der Waals surface area contributed by atoms with Crippen molar-refractivity contribution in [2.75, 3.05) is 13.2 Å². The number of nitrogens with one attached hydrogen (secondary N) is 1. The summed E-state index contributed by atoms with van der Waals surface area (Å²) in [6, 6.07) is 8.15. The monoisotopic (exact) mass is 252 g/mol. The number of ether oxygens (including phenoxy) is 1. The van der Waals surface area contributed by atoms with Crippen LogP contribution in [0.4, 0.5) is 0 Å². The Morgan fingerprint density at radius 1 is 1.41 bits per heavy atom. The number of rotatable bonds is 4. The molecule has 0 heterocycles. The van der Waals surface area contributed by atoms with Crippen LogP contribution in [-0.2, 0) is 5.41 Å². The molecule has 4 heteroatoms. The lowest BCUT2D eigenvalue weighted by Crippen LogP contribution is -2.32. The van der Waals surface area contributed by atoms with E-state index in [1.165, 1.54) is 5.56 Å². The van der Waals surface area contributed by atoms with Crippen molar-refractivity contribution >= 4 is 17.3 Å². The topological polar surface area (TPSA) is 47.3 Å². The van der Waals surface area contributed by atoms with Crippen LogP contribution in [0.1, 0.15) is 26.3 Å². The minimum atomic E-state index is 0.135. The SMILES string of the molecule is CC(C)(C)c1cccc(OCCNC(N)=S)c1. The van der Waals surface area contributed by atoms with Gasteiger partial charge in [-0.25, -0.2) is 0 Å². The molecule has 1 aromatic rings. The zero-order valence-corrected chi connectivity index (χ0v) is 11.4. The van der Waals surface area contributed by atoms with Gasteiger partial charge in [-0.2, -0.15) is 0 Å². The zero-order valence-electron chi connectivity index (χ0n) is 10.6. The maximum absolute atomic E-state index is 5.61. The number of benzene rings is 1. The van der Waals surface area contributed by atoms with Crippen molar-refractivity contribution < 1.29 is 4.74 Å². The molecule has 0 unspecified atom stereocenters. The Morgan fingerprint density at radius 3 is 2.71 bits per heavy atom. The lowest BCUT2D eigenvalue weighted by atomic mass is 9.87. The Hall–Kier alpha value is -1.29. The molecule has 0 saturated heterocycles. The molecule has 17 heavy (non-hydrogen) atoms. The maximum Gasteiger partial charge on any atom is 0.163 e. The largest absolute Gasteiger partial charge is 0.492 e. The summed E-state index contributed by atoms with van der Waals surface area (Å²) in [5.74, 6) is 0.877. The Balaban J connectivity index is 2.52. The first-order valence-electron chi connectivity index (χ1n) is 5.66. The average molecular weight is 252 g/mol. The smallest absolute Gasteiger partial charge is 0.163 e. The van der Waals surface area contributed by atoms with E-state index in [9.17, 15) is 0 Å². The van der Waals surface area contributed by atoms with Gasteiger partial charge < -0.3 is 15.8 Å². The molecule has 0 radical (unpaired) electrons. The fraction of sp³-hybridized carbons (Fsp3) is 0.462.